The van der Waals surface area contributed by atoms with Crippen LogP contribution in [0.5, 0.6) is 0 Å². The van der Waals surface area contributed by atoms with Crippen LogP contribution >= 0.6 is 0 Å². The highest BCUT2D eigenvalue weighted by Gasteiger charge is 2.18. The van der Waals surface area contributed by atoms with E-state index in [0.717, 1.165) is 49.6 Å². The van der Waals surface area contributed by atoms with Gasteiger partial charge in [-0.05, 0) is 49.3 Å². The lowest BCUT2D eigenvalue weighted by atomic mass is 9.85. The molecule has 1 aliphatic carbocycles. The summed E-state index contributed by atoms with van der Waals surface area (Å²) in [7, 11) is 0. The van der Waals surface area contributed by atoms with E-state index in [0.29, 0.717) is 12.5 Å². The highest BCUT2D eigenvalue weighted by atomic mass is 16.2. The fourth-order valence-electron chi connectivity index (χ4n) is 3.05. The number of hydrogen-bond acceptors (Lipinski definition) is 2. The third-order valence-corrected chi connectivity index (χ3v) is 4.80. The summed E-state index contributed by atoms with van der Waals surface area (Å²) in [6.45, 7) is 3.12. The number of carbonyl (C=O) groups is 1. The lowest BCUT2D eigenvalue weighted by Crippen LogP contribution is -2.37. The smallest absolute Gasteiger partial charge is 0.321 e. The molecule has 1 aromatic rings. The van der Waals surface area contributed by atoms with Gasteiger partial charge in [-0.3, -0.25) is 0 Å². The number of likely N-dealkylation sites (tertiary alicyclic amines) is 1. The third kappa shape index (κ3) is 4.63. The minimum atomic E-state index is -0.0187. The number of benzene rings is 1. The summed E-state index contributed by atoms with van der Waals surface area (Å²) in [5, 5.41) is 6.15. The average molecular weight is 329 g/mol. The van der Waals surface area contributed by atoms with E-state index in [1.165, 1.54) is 19.3 Å². The molecule has 1 aromatic carbocycles. The number of aliphatic imine (C=N–C) groups is 1. The van der Waals surface area contributed by atoms with Crippen LogP contribution < -0.4 is 16.4 Å². The van der Waals surface area contributed by atoms with Crippen LogP contribution in [-0.4, -0.2) is 36.5 Å². The number of carbonyl (C=O) groups excluding carboxylic acids is 1. The van der Waals surface area contributed by atoms with Gasteiger partial charge in [-0.15, -0.1) is 0 Å². The maximum absolute atomic E-state index is 12.1. The molecule has 6 nitrogen and oxygen atoms in total. The van der Waals surface area contributed by atoms with Crippen molar-refractivity contribution in [1.29, 1.82) is 0 Å². The SMILES string of the molecule is NC(=NCc1cccc(NC(=O)N2CCCC2)c1)NCC1CCC1. The van der Waals surface area contributed by atoms with E-state index in [1.54, 1.807) is 0 Å². The topological polar surface area (TPSA) is 82.7 Å². The van der Waals surface area contributed by atoms with Crippen molar-refractivity contribution >= 4 is 17.7 Å². The molecule has 2 amide bonds. The summed E-state index contributed by atoms with van der Waals surface area (Å²) in [4.78, 5) is 18.4. The number of hydrogen-bond donors (Lipinski definition) is 3. The van der Waals surface area contributed by atoms with Gasteiger partial charge >= 0.3 is 6.03 Å². The second-order valence-electron chi connectivity index (χ2n) is 6.70. The second kappa shape index (κ2) is 8.04. The summed E-state index contributed by atoms with van der Waals surface area (Å²) in [6.07, 6.45) is 6.10. The quantitative estimate of drug-likeness (QED) is 0.573. The fraction of sp³-hybridized carbons (Fsp3) is 0.556. The Morgan fingerprint density at radius 1 is 1.25 bits per heavy atom. The normalized spacial score (nSPS) is 18.3. The molecule has 1 saturated carbocycles. The molecule has 2 aliphatic rings. The highest BCUT2D eigenvalue weighted by molar-refractivity contribution is 5.89. The fourth-order valence-corrected chi connectivity index (χ4v) is 3.05. The Morgan fingerprint density at radius 2 is 2.04 bits per heavy atom. The van der Waals surface area contributed by atoms with Crippen molar-refractivity contribution in [2.24, 2.45) is 16.6 Å². The molecular weight excluding hydrogens is 302 g/mol. The number of guanidine groups is 1. The molecule has 2 fully saturated rings. The first-order valence-electron chi connectivity index (χ1n) is 8.89. The lowest BCUT2D eigenvalue weighted by molar-refractivity contribution is 0.222. The molecule has 24 heavy (non-hydrogen) atoms. The van der Waals surface area contributed by atoms with Crippen molar-refractivity contribution in [2.45, 2.75) is 38.6 Å². The molecule has 6 heteroatoms. The Balaban J connectivity index is 1.49. The van der Waals surface area contributed by atoms with Crippen molar-refractivity contribution in [3.8, 4) is 0 Å². The van der Waals surface area contributed by atoms with Crippen molar-refractivity contribution in [3.05, 3.63) is 29.8 Å². The van der Waals surface area contributed by atoms with Gasteiger partial charge < -0.3 is 21.3 Å². The molecular formula is C18H27N5O. The van der Waals surface area contributed by atoms with Crippen LogP contribution in [0.2, 0.25) is 0 Å². The number of anilines is 1. The molecule has 0 atom stereocenters. The largest absolute Gasteiger partial charge is 0.370 e. The van der Waals surface area contributed by atoms with Crippen molar-refractivity contribution in [3.63, 3.8) is 0 Å². The summed E-state index contributed by atoms with van der Waals surface area (Å²) in [6, 6.07) is 7.77. The van der Waals surface area contributed by atoms with E-state index in [9.17, 15) is 4.79 Å². The van der Waals surface area contributed by atoms with Crippen molar-refractivity contribution in [1.82, 2.24) is 10.2 Å². The monoisotopic (exact) mass is 329 g/mol. The van der Waals surface area contributed by atoms with Gasteiger partial charge in [-0.1, -0.05) is 18.6 Å². The van der Waals surface area contributed by atoms with E-state index in [-0.39, 0.29) is 6.03 Å². The molecule has 0 unspecified atom stereocenters. The molecule has 0 spiro atoms. The molecule has 0 aromatic heterocycles. The summed E-state index contributed by atoms with van der Waals surface area (Å²) < 4.78 is 0. The molecule has 1 aliphatic heterocycles. The summed E-state index contributed by atoms with van der Waals surface area (Å²) in [5.41, 5.74) is 7.75. The lowest BCUT2D eigenvalue weighted by Gasteiger charge is -2.25. The van der Waals surface area contributed by atoms with E-state index in [2.05, 4.69) is 15.6 Å². The van der Waals surface area contributed by atoms with Gasteiger partial charge in [0.25, 0.3) is 0 Å². The van der Waals surface area contributed by atoms with Gasteiger partial charge in [0.15, 0.2) is 5.96 Å². The van der Waals surface area contributed by atoms with Gasteiger partial charge in [-0.2, -0.15) is 0 Å². The summed E-state index contributed by atoms with van der Waals surface area (Å²) >= 11 is 0. The molecule has 0 radical (unpaired) electrons. The highest BCUT2D eigenvalue weighted by Crippen LogP contribution is 2.25. The first-order chi connectivity index (χ1) is 11.7. The van der Waals surface area contributed by atoms with Crippen LogP contribution in [0.25, 0.3) is 0 Å². The first kappa shape index (κ1) is 16.6. The van der Waals surface area contributed by atoms with Crippen LogP contribution in [0.15, 0.2) is 29.3 Å². The average Bonchev–Trinajstić information content (AvgIpc) is 3.06. The van der Waals surface area contributed by atoms with Crippen molar-refractivity contribution < 1.29 is 4.79 Å². The number of nitrogens with two attached hydrogens (primary N) is 1. The predicted molar refractivity (Wildman–Crippen MR) is 96.9 cm³/mol. The Labute approximate surface area is 143 Å². The zero-order valence-electron chi connectivity index (χ0n) is 14.1. The summed E-state index contributed by atoms with van der Waals surface area (Å²) in [5.74, 6) is 1.25. The third-order valence-electron chi connectivity index (χ3n) is 4.80. The molecule has 1 saturated heterocycles. The number of rotatable bonds is 5. The van der Waals surface area contributed by atoms with Gasteiger partial charge in [-0.25, -0.2) is 9.79 Å². The standard InChI is InChI=1S/C18H27N5O/c19-17(20-12-14-5-3-6-14)21-13-15-7-4-8-16(11-15)22-18(24)23-9-1-2-10-23/h4,7-8,11,14H,1-3,5-6,9-10,12-13H2,(H,22,24)(H3,19,20,21). The molecule has 4 N–H and O–H groups in total. The Morgan fingerprint density at radius 3 is 2.75 bits per heavy atom. The number of nitrogens with one attached hydrogen (secondary N) is 2. The Kier molecular flexibility index (Phi) is 5.56. The van der Waals surface area contributed by atoms with Crippen LogP contribution in [0, 0.1) is 5.92 Å². The van der Waals surface area contributed by atoms with Crippen LogP contribution in [0.1, 0.15) is 37.7 Å². The van der Waals surface area contributed by atoms with E-state index in [4.69, 9.17) is 5.73 Å². The van der Waals surface area contributed by atoms with E-state index in [1.807, 2.05) is 29.2 Å². The van der Waals surface area contributed by atoms with Gasteiger partial charge in [0.05, 0.1) is 6.54 Å². The molecule has 1 heterocycles. The van der Waals surface area contributed by atoms with Gasteiger partial charge in [0.2, 0.25) is 0 Å². The maximum atomic E-state index is 12.1. The van der Waals surface area contributed by atoms with Gasteiger partial charge in [0.1, 0.15) is 0 Å². The Hall–Kier alpha value is -2.24. The molecule has 3 rings (SSSR count). The molecule has 0 bridgehead atoms. The zero-order valence-corrected chi connectivity index (χ0v) is 14.1. The Bertz CT molecular complexity index is 591. The van der Waals surface area contributed by atoms with Gasteiger partial charge in [0, 0.05) is 25.3 Å². The second-order valence-corrected chi connectivity index (χ2v) is 6.70. The number of urea groups is 1. The van der Waals surface area contributed by atoms with Crippen LogP contribution in [0.3, 0.4) is 0 Å². The van der Waals surface area contributed by atoms with E-state index >= 15 is 0 Å². The van der Waals surface area contributed by atoms with Crippen LogP contribution in [0.4, 0.5) is 10.5 Å². The maximum Gasteiger partial charge on any atom is 0.321 e. The number of amides is 2. The number of nitrogens with zero attached hydrogens (tertiary/aromatic N) is 2. The van der Waals surface area contributed by atoms with E-state index < -0.39 is 0 Å². The zero-order chi connectivity index (χ0) is 16.8. The predicted octanol–water partition coefficient (Wildman–Crippen LogP) is 2.52. The van der Waals surface area contributed by atoms with Crippen LogP contribution in [-0.2, 0) is 6.54 Å². The molecule has 130 valence electrons. The first-order valence-corrected chi connectivity index (χ1v) is 8.89. The van der Waals surface area contributed by atoms with Crippen molar-refractivity contribution in [2.75, 3.05) is 25.0 Å². The minimum Gasteiger partial charge on any atom is -0.370 e. The minimum absolute atomic E-state index is 0.0187.